The smallest absolute Gasteiger partial charge is 0.282 e. The number of rotatable bonds is 4. The van der Waals surface area contributed by atoms with Gasteiger partial charge in [0.25, 0.3) is 10.2 Å². The van der Waals surface area contributed by atoms with Crippen LogP contribution in [0.1, 0.15) is 37.9 Å². The molecule has 1 aliphatic carbocycles. The fourth-order valence-electron chi connectivity index (χ4n) is 3.64. The molecule has 2 heterocycles. The zero-order chi connectivity index (χ0) is 18.0. The lowest BCUT2D eigenvalue weighted by atomic mass is 9.96. The lowest BCUT2D eigenvalue weighted by Gasteiger charge is -2.39. The first-order valence-corrected chi connectivity index (χ1v) is 10.6. The van der Waals surface area contributed by atoms with E-state index in [2.05, 4.69) is 14.9 Å². The van der Waals surface area contributed by atoms with Crippen molar-refractivity contribution in [3.63, 3.8) is 0 Å². The molecule has 25 heavy (non-hydrogen) atoms. The van der Waals surface area contributed by atoms with Crippen molar-refractivity contribution >= 4 is 27.6 Å². The molecule has 0 N–H and O–H groups in total. The molecule has 140 valence electrons. The Hall–Kier alpha value is -0.960. The van der Waals surface area contributed by atoms with Crippen molar-refractivity contribution in [1.82, 2.24) is 18.6 Å². The number of piperazine rings is 1. The zero-order valence-electron chi connectivity index (χ0n) is 14.9. The molecule has 2 fully saturated rings. The minimum absolute atomic E-state index is 0.139. The molecule has 0 spiro atoms. The van der Waals surface area contributed by atoms with Gasteiger partial charge in [-0.05, 0) is 19.8 Å². The maximum Gasteiger partial charge on any atom is 0.282 e. The summed E-state index contributed by atoms with van der Waals surface area (Å²) in [5, 5.41) is 0.412. The Morgan fingerprint density at radius 1 is 1.12 bits per heavy atom. The number of halogens is 1. The lowest BCUT2D eigenvalue weighted by molar-refractivity contribution is 0.259. The summed E-state index contributed by atoms with van der Waals surface area (Å²) in [5.41, 5.74) is 0. The Morgan fingerprint density at radius 2 is 1.76 bits per heavy atom. The van der Waals surface area contributed by atoms with Crippen molar-refractivity contribution in [2.45, 2.75) is 45.1 Å². The van der Waals surface area contributed by atoms with Crippen molar-refractivity contribution in [3.05, 3.63) is 17.0 Å². The topological polar surface area (TPSA) is 69.6 Å². The van der Waals surface area contributed by atoms with Gasteiger partial charge in [-0.15, -0.1) is 0 Å². The van der Waals surface area contributed by atoms with E-state index in [9.17, 15) is 8.42 Å². The van der Waals surface area contributed by atoms with Crippen molar-refractivity contribution in [3.8, 4) is 0 Å². The van der Waals surface area contributed by atoms with Gasteiger partial charge >= 0.3 is 0 Å². The van der Waals surface area contributed by atoms with Crippen LogP contribution in [0.5, 0.6) is 0 Å². The molecule has 1 aliphatic heterocycles. The van der Waals surface area contributed by atoms with Gasteiger partial charge in [0.2, 0.25) is 0 Å². The highest BCUT2D eigenvalue weighted by Gasteiger charge is 2.34. The molecule has 0 bridgehead atoms. The van der Waals surface area contributed by atoms with E-state index in [4.69, 9.17) is 11.6 Å². The highest BCUT2D eigenvalue weighted by molar-refractivity contribution is 7.86. The molecule has 0 unspecified atom stereocenters. The largest absolute Gasteiger partial charge is 0.354 e. The van der Waals surface area contributed by atoms with Crippen molar-refractivity contribution in [2.75, 3.05) is 38.1 Å². The van der Waals surface area contributed by atoms with Gasteiger partial charge < -0.3 is 4.90 Å². The Kier molecular flexibility index (Phi) is 5.82. The number of nitrogens with zero attached hydrogens (tertiary/aromatic N) is 5. The predicted octanol–water partition coefficient (Wildman–Crippen LogP) is 2.07. The third kappa shape index (κ3) is 4.24. The Balaban J connectivity index is 1.64. The lowest BCUT2D eigenvalue weighted by Crippen LogP contribution is -2.54. The van der Waals surface area contributed by atoms with Crippen LogP contribution in [0, 0.1) is 6.92 Å². The van der Waals surface area contributed by atoms with Gasteiger partial charge in [-0.1, -0.05) is 30.9 Å². The Labute approximate surface area is 155 Å². The SMILES string of the molecule is Cc1nc(Cl)cc(N2CCN(S(=O)(=O)N(C)C3CCCCC3)CC2)n1. The first-order valence-electron chi connectivity index (χ1n) is 8.87. The summed E-state index contributed by atoms with van der Waals surface area (Å²) < 4.78 is 29.0. The Morgan fingerprint density at radius 3 is 2.36 bits per heavy atom. The van der Waals surface area contributed by atoms with E-state index in [1.54, 1.807) is 28.6 Å². The van der Waals surface area contributed by atoms with Crippen LogP contribution >= 0.6 is 11.6 Å². The van der Waals surface area contributed by atoms with Crippen molar-refractivity contribution in [2.24, 2.45) is 0 Å². The molecule has 2 aliphatic rings. The van der Waals surface area contributed by atoms with Gasteiger partial charge in [0.15, 0.2) is 0 Å². The molecule has 0 atom stereocenters. The number of anilines is 1. The van der Waals surface area contributed by atoms with Gasteiger partial charge in [0.05, 0.1) is 0 Å². The third-order valence-electron chi connectivity index (χ3n) is 5.13. The van der Waals surface area contributed by atoms with E-state index in [-0.39, 0.29) is 6.04 Å². The number of hydrogen-bond acceptors (Lipinski definition) is 5. The first-order chi connectivity index (χ1) is 11.9. The number of aryl methyl sites for hydroxylation is 1. The van der Waals surface area contributed by atoms with Gasteiger partial charge in [-0.2, -0.15) is 17.0 Å². The van der Waals surface area contributed by atoms with E-state index in [1.807, 2.05) is 0 Å². The second-order valence-electron chi connectivity index (χ2n) is 6.80. The summed E-state index contributed by atoms with van der Waals surface area (Å²) in [6.07, 6.45) is 5.38. The molecule has 1 saturated carbocycles. The summed E-state index contributed by atoms with van der Waals surface area (Å²) in [4.78, 5) is 10.5. The van der Waals surface area contributed by atoms with Crippen LogP contribution < -0.4 is 4.90 Å². The van der Waals surface area contributed by atoms with E-state index in [1.165, 1.54) is 6.42 Å². The van der Waals surface area contributed by atoms with E-state index in [0.717, 1.165) is 31.5 Å². The molecule has 1 aromatic rings. The van der Waals surface area contributed by atoms with Crippen LogP contribution in [0.15, 0.2) is 6.07 Å². The molecule has 9 heteroatoms. The molecule has 3 rings (SSSR count). The second-order valence-corrected chi connectivity index (χ2v) is 9.17. The number of hydrogen-bond donors (Lipinski definition) is 0. The summed E-state index contributed by atoms with van der Waals surface area (Å²) >= 11 is 6.01. The van der Waals surface area contributed by atoms with E-state index < -0.39 is 10.2 Å². The van der Waals surface area contributed by atoms with Gasteiger partial charge in [0.1, 0.15) is 16.8 Å². The molecular formula is C16H26ClN5O2S. The normalized spacial score (nSPS) is 21.0. The quantitative estimate of drug-likeness (QED) is 0.739. The molecule has 0 aromatic carbocycles. The summed E-state index contributed by atoms with van der Waals surface area (Å²) in [6.45, 7) is 3.92. The van der Waals surface area contributed by atoms with E-state index in [0.29, 0.717) is 37.2 Å². The fraction of sp³-hybridized carbons (Fsp3) is 0.750. The van der Waals surface area contributed by atoms with Crippen molar-refractivity contribution in [1.29, 1.82) is 0 Å². The first kappa shape index (κ1) is 18.8. The highest BCUT2D eigenvalue weighted by Crippen LogP contribution is 2.26. The van der Waals surface area contributed by atoms with E-state index >= 15 is 0 Å². The zero-order valence-corrected chi connectivity index (χ0v) is 16.4. The standard InChI is InChI=1S/C16H26ClN5O2S/c1-13-18-15(17)12-16(19-13)21-8-10-22(11-9-21)25(23,24)20(2)14-6-4-3-5-7-14/h12,14H,3-11H2,1-2H3. The van der Waals surface area contributed by atoms with Gasteiger partial charge in [0, 0.05) is 45.3 Å². The fourth-order valence-corrected chi connectivity index (χ4v) is 5.44. The minimum Gasteiger partial charge on any atom is -0.354 e. The third-order valence-corrected chi connectivity index (χ3v) is 7.37. The molecule has 1 saturated heterocycles. The maximum atomic E-state index is 12.9. The van der Waals surface area contributed by atoms with Crippen LogP contribution in [-0.4, -0.2) is 66.3 Å². The van der Waals surface area contributed by atoms with Crippen LogP contribution in [0.25, 0.3) is 0 Å². The average molecular weight is 388 g/mol. The monoisotopic (exact) mass is 387 g/mol. The molecule has 1 aromatic heterocycles. The minimum atomic E-state index is -3.40. The van der Waals surface area contributed by atoms with Crippen LogP contribution in [0.4, 0.5) is 5.82 Å². The molecule has 0 radical (unpaired) electrons. The van der Waals surface area contributed by atoms with Crippen LogP contribution in [0.3, 0.4) is 0 Å². The average Bonchev–Trinajstić information content (AvgIpc) is 2.61. The summed E-state index contributed by atoms with van der Waals surface area (Å²) in [7, 11) is -1.68. The van der Waals surface area contributed by atoms with Gasteiger partial charge in [-0.25, -0.2) is 9.97 Å². The summed E-state index contributed by atoms with van der Waals surface area (Å²) in [5.74, 6) is 1.38. The molecule has 0 amide bonds. The van der Waals surface area contributed by atoms with Crippen LogP contribution in [-0.2, 0) is 10.2 Å². The van der Waals surface area contributed by atoms with Crippen molar-refractivity contribution < 1.29 is 8.42 Å². The molecular weight excluding hydrogens is 362 g/mol. The summed E-state index contributed by atoms with van der Waals surface area (Å²) in [6, 6.07) is 1.87. The maximum absolute atomic E-state index is 12.9. The van der Waals surface area contributed by atoms with Gasteiger partial charge in [-0.3, -0.25) is 0 Å². The predicted molar refractivity (Wildman–Crippen MR) is 99.1 cm³/mol. The second kappa shape index (κ2) is 7.73. The van der Waals surface area contributed by atoms with Crippen LogP contribution in [0.2, 0.25) is 5.15 Å². The number of aromatic nitrogens is 2. The highest BCUT2D eigenvalue weighted by atomic mass is 35.5. The Bertz CT molecular complexity index is 680. The molecule has 7 nitrogen and oxygen atoms in total.